The SMILES string of the molecule is CCCCSc1ccc(OC(F)CF)c(CC)c1. The zero-order chi connectivity index (χ0) is 13.4. The second kappa shape index (κ2) is 8.35. The van der Waals surface area contributed by atoms with Crippen molar-refractivity contribution in [3.05, 3.63) is 23.8 Å². The molecule has 1 aromatic rings. The molecular formula is C14H20F2OS. The van der Waals surface area contributed by atoms with Gasteiger partial charge in [0, 0.05) is 4.90 Å². The van der Waals surface area contributed by atoms with E-state index in [4.69, 9.17) is 4.74 Å². The Kier molecular flexibility index (Phi) is 7.09. The van der Waals surface area contributed by atoms with Crippen LogP contribution in [0, 0.1) is 0 Å². The number of thioether (sulfide) groups is 1. The molecule has 1 rings (SSSR count). The van der Waals surface area contributed by atoms with E-state index in [9.17, 15) is 8.78 Å². The lowest BCUT2D eigenvalue weighted by molar-refractivity contribution is 0.0426. The first-order valence-electron chi connectivity index (χ1n) is 6.33. The number of unbranched alkanes of at least 4 members (excludes halogenated alkanes) is 1. The third-order valence-electron chi connectivity index (χ3n) is 2.56. The van der Waals surface area contributed by atoms with Crippen molar-refractivity contribution in [3.63, 3.8) is 0 Å². The highest BCUT2D eigenvalue weighted by molar-refractivity contribution is 7.99. The summed E-state index contributed by atoms with van der Waals surface area (Å²) >= 11 is 1.78. The van der Waals surface area contributed by atoms with Crippen LogP contribution in [0.4, 0.5) is 8.78 Å². The van der Waals surface area contributed by atoms with Gasteiger partial charge in [0.2, 0.25) is 0 Å². The molecule has 18 heavy (non-hydrogen) atoms. The first-order valence-corrected chi connectivity index (χ1v) is 7.32. The fourth-order valence-corrected chi connectivity index (χ4v) is 2.60. The van der Waals surface area contributed by atoms with E-state index in [-0.39, 0.29) is 0 Å². The summed E-state index contributed by atoms with van der Waals surface area (Å²) in [5, 5.41) is 0. The van der Waals surface area contributed by atoms with Crippen LogP contribution in [-0.4, -0.2) is 18.8 Å². The Morgan fingerprint density at radius 3 is 2.72 bits per heavy atom. The molecule has 0 radical (unpaired) electrons. The smallest absolute Gasteiger partial charge is 0.266 e. The van der Waals surface area contributed by atoms with E-state index in [0.717, 1.165) is 22.6 Å². The number of ether oxygens (including phenoxy) is 1. The van der Waals surface area contributed by atoms with Crippen molar-refractivity contribution < 1.29 is 13.5 Å². The molecule has 1 aromatic carbocycles. The van der Waals surface area contributed by atoms with E-state index in [1.165, 1.54) is 12.8 Å². The minimum absolute atomic E-state index is 0.447. The Hall–Kier alpha value is -0.770. The van der Waals surface area contributed by atoms with E-state index >= 15 is 0 Å². The Labute approximate surface area is 112 Å². The monoisotopic (exact) mass is 274 g/mol. The Morgan fingerprint density at radius 1 is 1.33 bits per heavy atom. The highest BCUT2D eigenvalue weighted by Crippen LogP contribution is 2.28. The lowest BCUT2D eigenvalue weighted by atomic mass is 10.1. The van der Waals surface area contributed by atoms with Gasteiger partial charge < -0.3 is 4.74 Å². The summed E-state index contributed by atoms with van der Waals surface area (Å²) < 4.78 is 29.9. The van der Waals surface area contributed by atoms with Crippen LogP contribution in [-0.2, 0) is 6.42 Å². The summed E-state index contributed by atoms with van der Waals surface area (Å²) in [6, 6.07) is 5.63. The maximum absolute atomic E-state index is 12.9. The van der Waals surface area contributed by atoms with Gasteiger partial charge in [-0.1, -0.05) is 20.3 Å². The van der Waals surface area contributed by atoms with Crippen molar-refractivity contribution in [3.8, 4) is 5.75 Å². The van der Waals surface area contributed by atoms with Crippen molar-refractivity contribution in [2.45, 2.75) is 44.4 Å². The summed E-state index contributed by atoms with van der Waals surface area (Å²) in [6.45, 7) is 3.02. The number of alkyl halides is 2. The minimum atomic E-state index is -1.87. The third kappa shape index (κ3) is 4.84. The van der Waals surface area contributed by atoms with Gasteiger partial charge in [0.1, 0.15) is 5.75 Å². The van der Waals surface area contributed by atoms with Crippen LogP contribution in [0.25, 0.3) is 0 Å². The maximum Gasteiger partial charge on any atom is 0.266 e. The lowest BCUT2D eigenvalue weighted by Gasteiger charge is -2.13. The molecule has 1 nitrogen and oxygen atoms in total. The third-order valence-corrected chi connectivity index (χ3v) is 3.64. The van der Waals surface area contributed by atoms with Crippen LogP contribution < -0.4 is 4.74 Å². The summed E-state index contributed by atoms with van der Waals surface area (Å²) in [7, 11) is 0. The molecule has 0 saturated heterocycles. The molecule has 1 unspecified atom stereocenters. The van der Waals surface area contributed by atoms with E-state index in [2.05, 4.69) is 6.92 Å². The molecule has 1 atom stereocenters. The standard InChI is InChI=1S/C14H20F2OS/c1-3-5-8-18-12-6-7-13(11(4-2)9-12)17-14(16)10-15/h6-7,9,14H,3-5,8,10H2,1-2H3. The van der Waals surface area contributed by atoms with Gasteiger partial charge in [-0.3, -0.25) is 0 Å². The predicted octanol–water partition coefficient (Wildman–Crippen LogP) is 4.79. The number of halogens is 2. The minimum Gasteiger partial charge on any atom is -0.457 e. The number of benzene rings is 1. The van der Waals surface area contributed by atoms with Crippen molar-refractivity contribution in [1.82, 2.24) is 0 Å². The second-order valence-corrected chi connectivity index (χ2v) is 5.18. The fourth-order valence-electron chi connectivity index (χ4n) is 1.54. The molecule has 0 N–H and O–H groups in total. The Bertz CT molecular complexity index is 358. The predicted molar refractivity (Wildman–Crippen MR) is 73.0 cm³/mol. The Morgan fingerprint density at radius 2 is 2.11 bits per heavy atom. The van der Waals surface area contributed by atoms with Crippen molar-refractivity contribution in [2.75, 3.05) is 12.4 Å². The van der Waals surface area contributed by atoms with Gasteiger partial charge in [-0.05, 0) is 42.4 Å². The van der Waals surface area contributed by atoms with Crippen LogP contribution in [0.2, 0.25) is 0 Å². The maximum atomic E-state index is 12.9. The van der Waals surface area contributed by atoms with E-state index in [1.807, 2.05) is 19.1 Å². The van der Waals surface area contributed by atoms with Crippen LogP contribution >= 0.6 is 11.8 Å². The molecule has 0 bridgehead atoms. The van der Waals surface area contributed by atoms with Crippen LogP contribution in [0.1, 0.15) is 32.3 Å². The fraction of sp³-hybridized carbons (Fsp3) is 0.571. The van der Waals surface area contributed by atoms with Crippen LogP contribution in [0.3, 0.4) is 0 Å². The molecule has 0 aliphatic rings. The van der Waals surface area contributed by atoms with Gasteiger partial charge in [0.05, 0.1) is 0 Å². The average molecular weight is 274 g/mol. The number of hydrogen-bond donors (Lipinski definition) is 0. The second-order valence-electron chi connectivity index (χ2n) is 4.01. The van der Waals surface area contributed by atoms with Gasteiger partial charge in [-0.25, -0.2) is 4.39 Å². The largest absolute Gasteiger partial charge is 0.457 e. The molecule has 0 aliphatic carbocycles. The van der Waals surface area contributed by atoms with E-state index in [1.54, 1.807) is 17.8 Å². The van der Waals surface area contributed by atoms with Gasteiger partial charge >= 0.3 is 0 Å². The summed E-state index contributed by atoms with van der Waals surface area (Å²) in [5.41, 5.74) is 0.924. The normalized spacial score (nSPS) is 12.4. The molecule has 4 heteroatoms. The topological polar surface area (TPSA) is 9.23 Å². The quantitative estimate of drug-likeness (QED) is 0.498. The molecule has 0 aliphatic heterocycles. The summed E-state index contributed by atoms with van der Waals surface area (Å²) in [4.78, 5) is 1.16. The molecule has 0 aromatic heterocycles. The molecule has 0 heterocycles. The number of rotatable bonds is 8. The first-order chi connectivity index (χ1) is 8.71. The van der Waals surface area contributed by atoms with Gasteiger partial charge in [-0.2, -0.15) is 4.39 Å². The lowest BCUT2D eigenvalue weighted by Crippen LogP contribution is -2.13. The van der Waals surface area contributed by atoms with E-state index < -0.39 is 13.0 Å². The molecule has 0 fully saturated rings. The summed E-state index contributed by atoms with van der Waals surface area (Å²) in [6.07, 6.45) is 1.23. The van der Waals surface area contributed by atoms with E-state index in [0.29, 0.717) is 5.75 Å². The number of aryl methyl sites for hydroxylation is 1. The highest BCUT2D eigenvalue weighted by atomic mass is 32.2. The highest BCUT2D eigenvalue weighted by Gasteiger charge is 2.10. The average Bonchev–Trinajstić information content (AvgIpc) is 2.40. The molecule has 0 saturated carbocycles. The summed E-state index contributed by atoms with van der Waals surface area (Å²) in [5.74, 6) is 1.53. The molecule has 102 valence electrons. The first kappa shape index (κ1) is 15.3. The van der Waals surface area contributed by atoms with Crippen molar-refractivity contribution in [2.24, 2.45) is 0 Å². The Balaban J connectivity index is 2.70. The molecule has 0 amide bonds. The number of hydrogen-bond acceptors (Lipinski definition) is 2. The van der Waals surface area contributed by atoms with Crippen molar-refractivity contribution in [1.29, 1.82) is 0 Å². The van der Waals surface area contributed by atoms with Gasteiger partial charge in [-0.15, -0.1) is 11.8 Å². The zero-order valence-corrected chi connectivity index (χ0v) is 11.7. The van der Waals surface area contributed by atoms with Crippen molar-refractivity contribution >= 4 is 11.8 Å². The van der Waals surface area contributed by atoms with Gasteiger partial charge in [0.15, 0.2) is 6.67 Å². The molecular weight excluding hydrogens is 254 g/mol. The van der Waals surface area contributed by atoms with Crippen LogP contribution in [0.15, 0.2) is 23.1 Å². The zero-order valence-electron chi connectivity index (χ0n) is 10.9. The van der Waals surface area contributed by atoms with Gasteiger partial charge in [0.25, 0.3) is 6.36 Å². The van der Waals surface area contributed by atoms with Crippen LogP contribution in [0.5, 0.6) is 5.75 Å². The molecule has 0 spiro atoms.